The lowest BCUT2D eigenvalue weighted by atomic mass is 10.2. The molecule has 3 rings (SSSR count). The average Bonchev–Trinajstić information content (AvgIpc) is 2.65. The Morgan fingerprint density at radius 3 is 2.58 bits per heavy atom. The van der Waals surface area contributed by atoms with Crippen LogP contribution in [0.5, 0.6) is 0 Å². The summed E-state index contributed by atoms with van der Waals surface area (Å²) in [5.74, 6) is -0.112. The van der Waals surface area contributed by atoms with Crippen molar-refractivity contribution in [1.29, 1.82) is 0 Å². The fraction of sp³-hybridized carbons (Fsp3) is 0.143. The summed E-state index contributed by atoms with van der Waals surface area (Å²) in [4.78, 5) is 18.5. The Hall–Kier alpha value is -2.85. The van der Waals surface area contributed by atoms with Gasteiger partial charge in [-0.2, -0.15) is 0 Å². The summed E-state index contributed by atoms with van der Waals surface area (Å²) in [5, 5.41) is 3.94. The average molecular weight is 366 g/mol. The van der Waals surface area contributed by atoms with Crippen molar-refractivity contribution in [2.24, 2.45) is 0 Å². The molecule has 1 N–H and O–H groups in total. The van der Waals surface area contributed by atoms with Crippen LogP contribution in [0.25, 0.3) is 0 Å². The number of hydrogen-bond acceptors (Lipinski definition) is 3. The number of benzene rings is 2. The zero-order chi connectivity index (χ0) is 18.5. The van der Waals surface area contributed by atoms with Gasteiger partial charge in [0.15, 0.2) is 0 Å². The van der Waals surface area contributed by atoms with Crippen LogP contribution in [-0.2, 0) is 6.54 Å². The second kappa shape index (κ2) is 8.02. The van der Waals surface area contributed by atoms with Gasteiger partial charge in [-0.15, -0.1) is 0 Å². The van der Waals surface area contributed by atoms with E-state index in [-0.39, 0.29) is 5.91 Å². The second-order valence-electron chi connectivity index (χ2n) is 6.16. The molecule has 3 aromatic rings. The number of nitrogens with zero attached hydrogens (tertiary/aromatic N) is 2. The molecule has 0 aliphatic carbocycles. The Morgan fingerprint density at radius 2 is 1.88 bits per heavy atom. The lowest BCUT2D eigenvalue weighted by Gasteiger charge is -2.17. The van der Waals surface area contributed by atoms with Crippen LogP contribution in [0, 0.1) is 6.92 Å². The molecule has 132 valence electrons. The minimum absolute atomic E-state index is 0.112. The Morgan fingerprint density at radius 1 is 1.12 bits per heavy atom. The highest BCUT2D eigenvalue weighted by Crippen LogP contribution is 2.24. The molecular formula is C21H20ClN3O. The van der Waals surface area contributed by atoms with E-state index in [9.17, 15) is 4.79 Å². The van der Waals surface area contributed by atoms with Crippen molar-refractivity contribution >= 4 is 28.9 Å². The smallest absolute Gasteiger partial charge is 0.272 e. The number of halogens is 1. The highest BCUT2D eigenvalue weighted by Gasteiger charge is 2.13. The summed E-state index contributed by atoms with van der Waals surface area (Å²) in [6.45, 7) is 2.55. The van der Waals surface area contributed by atoms with Crippen molar-refractivity contribution < 1.29 is 4.79 Å². The van der Waals surface area contributed by atoms with Crippen molar-refractivity contribution in [2.75, 3.05) is 12.4 Å². The molecule has 1 heterocycles. The topological polar surface area (TPSA) is 45.2 Å². The molecule has 0 aliphatic heterocycles. The summed E-state index contributed by atoms with van der Waals surface area (Å²) in [6, 6.07) is 19.1. The fourth-order valence-corrected chi connectivity index (χ4v) is 2.78. The highest BCUT2D eigenvalue weighted by atomic mass is 35.5. The quantitative estimate of drug-likeness (QED) is 0.687. The van der Waals surface area contributed by atoms with Crippen molar-refractivity contribution in [1.82, 2.24) is 9.88 Å². The molecule has 1 amide bonds. The zero-order valence-electron chi connectivity index (χ0n) is 14.7. The van der Waals surface area contributed by atoms with Crippen LogP contribution < -0.4 is 5.32 Å². The Balaban J connectivity index is 1.68. The van der Waals surface area contributed by atoms with E-state index in [0.29, 0.717) is 17.3 Å². The minimum Gasteiger partial charge on any atom is -0.354 e. The van der Waals surface area contributed by atoms with Gasteiger partial charge in [-0.1, -0.05) is 48.0 Å². The number of pyridine rings is 1. The summed E-state index contributed by atoms with van der Waals surface area (Å²) < 4.78 is 0. The maximum absolute atomic E-state index is 12.5. The standard InChI is InChI=1S/C21H20ClN3O/c1-15-8-9-17(22)12-20(15)24-18-10-11-19(23-13-18)21(26)25(2)14-16-6-4-3-5-7-16/h3-13,24H,14H2,1-2H3. The molecule has 0 radical (unpaired) electrons. The van der Waals surface area contributed by atoms with E-state index < -0.39 is 0 Å². The van der Waals surface area contributed by atoms with Crippen LogP contribution in [0.4, 0.5) is 11.4 Å². The molecule has 4 nitrogen and oxygen atoms in total. The number of aromatic nitrogens is 1. The van der Waals surface area contributed by atoms with Crippen LogP contribution in [0.2, 0.25) is 5.02 Å². The molecule has 0 atom stereocenters. The van der Waals surface area contributed by atoms with Gasteiger partial charge in [-0.3, -0.25) is 4.79 Å². The van der Waals surface area contributed by atoms with Crippen LogP contribution in [-0.4, -0.2) is 22.8 Å². The van der Waals surface area contributed by atoms with Crippen LogP contribution >= 0.6 is 11.6 Å². The predicted molar refractivity (Wildman–Crippen MR) is 106 cm³/mol. The van der Waals surface area contributed by atoms with Crippen LogP contribution in [0.15, 0.2) is 66.9 Å². The number of carbonyl (C=O) groups is 1. The maximum Gasteiger partial charge on any atom is 0.272 e. The molecule has 0 saturated heterocycles. The van der Waals surface area contributed by atoms with Gasteiger partial charge in [0.1, 0.15) is 5.69 Å². The zero-order valence-corrected chi connectivity index (χ0v) is 15.5. The summed E-state index contributed by atoms with van der Waals surface area (Å²) in [7, 11) is 1.78. The Kier molecular flexibility index (Phi) is 5.54. The normalized spacial score (nSPS) is 10.4. The third-order valence-corrected chi connectivity index (χ3v) is 4.31. The number of amides is 1. The molecular weight excluding hydrogens is 346 g/mol. The SMILES string of the molecule is Cc1ccc(Cl)cc1Nc1ccc(C(=O)N(C)Cc2ccccc2)nc1. The van der Waals surface area contributed by atoms with E-state index in [4.69, 9.17) is 11.6 Å². The van der Waals surface area contributed by atoms with E-state index in [1.807, 2.05) is 61.5 Å². The lowest BCUT2D eigenvalue weighted by Crippen LogP contribution is -2.26. The van der Waals surface area contributed by atoms with Gasteiger partial charge < -0.3 is 10.2 Å². The van der Waals surface area contributed by atoms with E-state index in [1.165, 1.54) is 0 Å². The highest BCUT2D eigenvalue weighted by molar-refractivity contribution is 6.30. The fourth-order valence-electron chi connectivity index (χ4n) is 2.60. The van der Waals surface area contributed by atoms with E-state index in [0.717, 1.165) is 22.5 Å². The largest absolute Gasteiger partial charge is 0.354 e. The molecule has 0 aliphatic rings. The first-order valence-corrected chi connectivity index (χ1v) is 8.69. The summed E-state index contributed by atoms with van der Waals surface area (Å²) in [6.07, 6.45) is 1.66. The summed E-state index contributed by atoms with van der Waals surface area (Å²) >= 11 is 6.05. The maximum atomic E-state index is 12.5. The van der Waals surface area contributed by atoms with Gasteiger partial charge in [0.05, 0.1) is 11.9 Å². The first-order chi connectivity index (χ1) is 12.5. The Labute approximate surface area is 158 Å². The number of nitrogens with one attached hydrogen (secondary N) is 1. The molecule has 26 heavy (non-hydrogen) atoms. The van der Waals surface area contributed by atoms with Gasteiger partial charge in [-0.05, 0) is 42.3 Å². The van der Waals surface area contributed by atoms with Crippen LogP contribution in [0.3, 0.4) is 0 Å². The van der Waals surface area contributed by atoms with Crippen molar-refractivity contribution in [3.63, 3.8) is 0 Å². The van der Waals surface area contributed by atoms with Gasteiger partial charge in [-0.25, -0.2) is 4.98 Å². The molecule has 0 spiro atoms. The minimum atomic E-state index is -0.112. The van der Waals surface area contributed by atoms with Crippen LogP contribution in [0.1, 0.15) is 21.6 Å². The third-order valence-electron chi connectivity index (χ3n) is 4.07. The molecule has 2 aromatic carbocycles. The van der Waals surface area contributed by atoms with E-state index >= 15 is 0 Å². The monoisotopic (exact) mass is 365 g/mol. The lowest BCUT2D eigenvalue weighted by molar-refractivity contribution is 0.0779. The number of aryl methyl sites for hydroxylation is 1. The number of rotatable bonds is 5. The first kappa shape index (κ1) is 18.0. The van der Waals surface area contributed by atoms with Crippen molar-refractivity contribution in [3.05, 3.63) is 88.7 Å². The number of hydrogen-bond donors (Lipinski definition) is 1. The Bertz CT molecular complexity index is 895. The van der Waals surface area contributed by atoms with Gasteiger partial charge in [0.2, 0.25) is 0 Å². The van der Waals surface area contributed by atoms with E-state index in [1.54, 1.807) is 24.2 Å². The van der Waals surface area contributed by atoms with Gasteiger partial charge in [0.25, 0.3) is 5.91 Å². The molecule has 0 unspecified atom stereocenters. The molecule has 0 fully saturated rings. The van der Waals surface area contributed by atoms with Crippen molar-refractivity contribution in [2.45, 2.75) is 13.5 Å². The van der Waals surface area contributed by atoms with Crippen molar-refractivity contribution in [3.8, 4) is 0 Å². The van der Waals surface area contributed by atoms with Gasteiger partial charge in [0, 0.05) is 24.3 Å². The van der Waals surface area contributed by atoms with E-state index in [2.05, 4.69) is 10.3 Å². The molecule has 1 aromatic heterocycles. The number of anilines is 2. The predicted octanol–water partition coefficient (Wildman–Crippen LogP) is 5.06. The number of carbonyl (C=O) groups excluding carboxylic acids is 1. The molecule has 5 heteroatoms. The first-order valence-electron chi connectivity index (χ1n) is 8.31. The van der Waals surface area contributed by atoms with Gasteiger partial charge >= 0.3 is 0 Å². The second-order valence-corrected chi connectivity index (χ2v) is 6.60. The summed E-state index contributed by atoms with van der Waals surface area (Å²) in [5.41, 5.74) is 4.30. The molecule has 0 bridgehead atoms. The third kappa shape index (κ3) is 4.41. The molecule has 0 saturated carbocycles.